The number of fused-ring (bicyclic) bond motifs is 4. The maximum atomic E-state index is 6.56. The quantitative estimate of drug-likeness (QED) is 0.249. The van der Waals surface area contributed by atoms with Crippen LogP contribution in [-0.2, 0) is 0 Å². The Bertz CT molecular complexity index is 1790. The summed E-state index contributed by atoms with van der Waals surface area (Å²) in [4.78, 5) is 9.99. The topological polar surface area (TPSA) is 43.9 Å². The van der Waals surface area contributed by atoms with E-state index in [9.17, 15) is 0 Å². The molecule has 0 bridgehead atoms. The van der Waals surface area contributed by atoms with Crippen molar-refractivity contribution in [1.29, 1.82) is 0 Å². The number of rotatable bonds is 4. The molecule has 3 heterocycles. The summed E-state index contributed by atoms with van der Waals surface area (Å²) in [6, 6.07) is 21.6. The molecule has 3 aromatic carbocycles. The zero-order valence-corrected chi connectivity index (χ0v) is 22.7. The molecule has 6 rings (SSSR count). The largest absolute Gasteiger partial charge is 0.437 e. The van der Waals surface area contributed by atoms with Crippen molar-refractivity contribution in [2.24, 2.45) is 0 Å². The van der Waals surface area contributed by atoms with Crippen LogP contribution < -0.4 is 0 Å². The zero-order valence-electron chi connectivity index (χ0n) is 22.7. The highest BCUT2D eigenvalue weighted by atomic mass is 16.3. The summed E-state index contributed by atoms with van der Waals surface area (Å²) < 4.78 is 8.94. The maximum Gasteiger partial charge on any atom is 0.227 e. The Morgan fingerprint density at radius 2 is 1.46 bits per heavy atom. The second-order valence-electron chi connectivity index (χ2n) is 10.9. The average molecular weight is 488 g/mol. The van der Waals surface area contributed by atoms with Gasteiger partial charge in [-0.3, -0.25) is 4.57 Å². The second-order valence-corrected chi connectivity index (χ2v) is 10.9. The standard InChI is InChI=1S/C33H33N3O/c1-18(2)23-11-10-12-24(19(3)4)30(23)36-27-14-9-8-13-26(27)35-32(36)29-21(6)17-20(5)28-25-16-15-22(7)34-33(25)37-31(28)29/h8-19H,1-7H3. The van der Waals surface area contributed by atoms with E-state index in [1.54, 1.807) is 0 Å². The van der Waals surface area contributed by atoms with Gasteiger partial charge in [0.05, 0.1) is 22.3 Å². The lowest BCUT2D eigenvalue weighted by atomic mass is 9.92. The molecule has 0 spiro atoms. The SMILES string of the molecule is Cc1ccc2c(n1)oc1c(-c3nc4ccccc4n3-c3c(C(C)C)cccc3C(C)C)c(C)cc(C)c12. The van der Waals surface area contributed by atoms with Gasteiger partial charge in [-0.15, -0.1) is 0 Å². The van der Waals surface area contributed by atoms with Crippen molar-refractivity contribution in [3.8, 4) is 17.1 Å². The van der Waals surface area contributed by atoms with E-state index in [1.807, 2.05) is 6.92 Å². The molecule has 0 aliphatic carbocycles. The van der Waals surface area contributed by atoms with E-state index in [0.29, 0.717) is 17.5 Å². The van der Waals surface area contributed by atoms with E-state index in [1.165, 1.54) is 22.4 Å². The molecule has 3 aromatic heterocycles. The van der Waals surface area contributed by atoms with Gasteiger partial charge in [0.15, 0.2) is 0 Å². The fourth-order valence-corrected chi connectivity index (χ4v) is 5.75. The lowest BCUT2D eigenvalue weighted by Gasteiger charge is -2.23. The van der Waals surface area contributed by atoms with Crippen molar-refractivity contribution < 1.29 is 4.42 Å². The predicted molar refractivity (Wildman–Crippen MR) is 154 cm³/mol. The van der Waals surface area contributed by atoms with E-state index in [0.717, 1.165) is 50.0 Å². The van der Waals surface area contributed by atoms with Crippen LogP contribution in [0.15, 0.2) is 65.1 Å². The number of hydrogen-bond acceptors (Lipinski definition) is 3. The van der Waals surface area contributed by atoms with E-state index in [2.05, 4.69) is 107 Å². The Morgan fingerprint density at radius 1 is 0.757 bits per heavy atom. The summed E-state index contributed by atoms with van der Waals surface area (Å²) in [5.74, 6) is 1.63. The summed E-state index contributed by atoms with van der Waals surface area (Å²) in [6.45, 7) is 15.4. The Labute approximate surface area is 218 Å². The first-order valence-corrected chi connectivity index (χ1v) is 13.2. The molecule has 0 amide bonds. The lowest BCUT2D eigenvalue weighted by molar-refractivity contribution is 0.652. The summed E-state index contributed by atoms with van der Waals surface area (Å²) >= 11 is 0. The van der Waals surface area contributed by atoms with Crippen LogP contribution in [0.1, 0.15) is 67.5 Å². The number of pyridine rings is 1. The van der Waals surface area contributed by atoms with Crippen LogP contribution in [0.2, 0.25) is 0 Å². The molecule has 4 heteroatoms. The number of aryl methyl sites for hydroxylation is 3. The van der Waals surface area contributed by atoms with Crippen molar-refractivity contribution in [3.63, 3.8) is 0 Å². The number of furan rings is 1. The molecule has 0 atom stereocenters. The fraction of sp³-hybridized carbons (Fsp3) is 0.273. The molecule has 0 fully saturated rings. The van der Waals surface area contributed by atoms with Crippen molar-refractivity contribution in [2.75, 3.05) is 0 Å². The lowest BCUT2D eigenvalue weighted by Crippen LogP contribution is -2.09. The minimum atomic E-state index is 0.361. The molecule has 0 saturated carbocycles. The molecule has 0 aliphatic heterocycles. The second kappa shape index (κ2) is 8.58. The first-order valence-electron chi connectivity index (χ1n) is 13.2. The Morgan fingerprint density at radius 3 is 2.16 bits per heavy atom. The zero-order chi connectivity index (χ0) is 26.0. The van der Waals surface area contributed by atoms with E-state index < -0.39 is 0 Å². The summed E-state index contributed by atoms with van der Waals surface area (Å²) in [5.41, 5.74) is 11.8. The molecule has 6 aromatic rings. The molecule has 0 unspecified atom stereocenters. The van der Waals surface area contributed by atoms with E-state index in [4.69, 9.17) is 14.4 Å². The van der Waals surface area contributed by atoms with Gasteiger partial charge in [0.1, 0.15) is 11.4 Å². The third-order valence-corrected chi connectivity index (χ3v) is 7.49. The number of hydrogen-bond donors (Lipinski definition) is 0. The third-order valence-electron chi connectivity index (χ3n) is 7.49. The van der Waals surface area contributed by atoms with Crippen LogP contribution in [0.5, 0.6) is 0 Å². The van der Waals surface area contributed by atoms with Gasteiger partial charge in [-0.25, -0.2) is 9.97 Å². The van der Waals surface area contributed by atoms with Gasteiger partial charge in [0.2, 0.25) is 5.71 Å². The summed E-state index contributed by atoms with van der Waals surface area (Å²) in [5, 5.41) is 2.16. The molecule has 186 valence electrons. The van der Waals surface area contributed by atoms with Crippen molar-refractivity contribution in [3.05, 3.63) is 88.6 Å². The monoisotopic (exact) mass is 487 g/mol. The Balaban J connectivity index is 1.81. The van der Waals surface area contributed by atoms with Gasteiger partial charge in [0.25, 0.3) is 0 Å². The van der Waals surface area contributed by atoms with Gasteiger partial charge in [-0.05, 0) is 79.1 Å². The number of para-hydroxylation sites is 3. The fourth-order valence-electron chi connectivity index (χ4n) is 5.75. The van der Waals surface area contributed by atoms with Crippen LogP contribution in [-0.4, -0.2) is 14.5 Å². The van der Waals surface area contributed by atoms with E-state index in [-0.39, 0.29) is 0 Å². The van der Waals surface area contributed by atoms with Crippen LogP contribution >= 0.6 is 0 Å². The maximum absolute atomic E-state index is 6.56. The first-order chi connectivity index (χ1) is 17.8. The molecule has 4 nitrogen and oxygen atoms in total. The molecule has 0 saturated heterocycles. The highest BCUT2D eigenvalue weighted by Crippen LogP contribution is 2.43. The van der Waals surface area contributed by atoms with Crippen LogP contribution in [0, 0.1) is 20.8 Å². The Kier molecular flexibility index (Phi) is 5.45. The summed E-state index contributed by atoms with van der Waals surface area (Å²) in [7, 11) is 0. The Hall–Kier alpha value is -3.92. The number of benzene rings is 3. The van der Waals surface area contributed by atoms with Gasteiger partial charge < -0.3 is 4.42 Å². The highest BCUT2D eigenvalue weighted by Gasteiger charge is 2.26. The first kappa shape index (κ1) is 23.5. The third kappa shape index (κ3) is 3.58. The van der Waals surface area contributed by atoms with Gasteiger partial charge in [-0.1, -0.05) is 64.1 Å². The minimum Gasteiger partial charge on any atom is -0.437 e. The smallest absolute Gasteiger partial charge is 0.227 e. The minimum absolute atomic E-state index is 0.361. The molecular weight excluding hydrogens is 454 g/mol. The van der Waals surface area contributed by atoms with Gasteiger partial charge in [-0.2, -0.15) is 0 Å². The van der Waals surface area contributed by atoms with Crippen molar-refractivity contribution in [1.82, 2.24) is 14.5 Å². The van der Waals surface area contributed by atoms with Crippen LogP contribution in [0.4, 0.5) is 0 Å². The number of aromatic nitrogens is 3. The number of imidazole rings is 1. The molecule has 0 aliphatic rings. The number of nitrogens with zero attached hydrogens (tertiary/aromatic N) is 3. The van der Waals surface area contributed by atoms with Crippen LogP contribution in [0.3, 0.4) is 0 Å². The highest BCUT2D eigenvalue weighted by molar-refractivity contribution is 6.11. The molecule has 37 heavy (non-hydrogen) atoms. The molecule has 0 radical (unpaired) electrons. The molecule has 0 N–H and O–H groups in total. The van der Waals surface area contributed by atoms with Crippen molar-refractivity contribution in [2.45, 2.75) is 60.3 Å². The van der Waals surface area contributed by atoms with E-state index >= 15 is 0 Å². The van der Waals surface area contributed by atoms with Gasteiger partial charge in [0, 0.05) is 16.5 Å². The average Bonchev–Trinajstić information content (AvgIpc) is 3.41. The molecular formula is C33H33N3O. The predicted octanol–water partition coefficient (Wildman–Crippen LogP) is 9.16. The van der Waals surface area contributed by atoms with Gasteiger partial charge >= 0.3 is 0 Å². The normalized spacial score (nSPS) is 12.1. The van der Waals surface area contributed by atoms with Crippen molar-refractivity contribution >= 4 is 33.1 Å². The summed E-state index contributed by atoms with van der Waals surface area (Å²) in [6.07, 6.45) is 0. The van der Waals surface area contributed by atoms with Crippen LogP contribution in [0.25, 0.3) is 50.2 Å².